The second-order valence-corrected chi connectivity index (χ2v) is 6.57. The van der Waals surface area contributed by atoms with E-state index in [1.54, 1.807) is 0 Å². The van der Waals surface area contributed by atoms with E-state index in [9.17, 15) is 4.79 Å². The molecule has 1 heterocycles. The van der Waals surface area contributed by atoms with Crippen LogP contribution in [0.15, 0.2) is 0 Å². The van der Waals surface area contributed by atoms with Gasteiger partial charge in [-0.25, -0.2) is 0 Å². The minimum absolute atomic E-state index is 0.147. The summed E-state index contributed by atoms with van der Waals surface area (Å²) in [6.07, 6.45) is 6.53. The van der Waals surface area contributed by atoms with Crippen LogP contribution in [0.1, 0.15) is 52.4 Å². The first-order valence-corrected chi connectivity index (χ1v) is 7.69. The molecule has 1 unspecified atom stereocenters. The first-order chi connectivity index (χ1) is 9.08. The van der Waals surface area contributed by atoms with E-state index in [0.717, 1.165) is 32.4 Å². The van der Waals surface area contributed by atoms with E-state index >= 15 is 0 Å². The lowest BCUT2D eigenvalue weighted by atomic mass is 9.87. The van der Waals surface area contributed by atoms with Gasteiger partial charge in [0.1, 0.15) is 0 Å². The van der Waals surface area contributed by atoms with E-state index in [0.29, 0.717) is 25.2 Å². The average Bonchev–Trinajstić information content (AvgIpc) is 2.70. The summed E-state index contributed by atoms with van der Waals surface area (Å²) in [6, 6.07) is 0.346. The van der Waals surface area contributed by atoms with Gasteiger partial charge in [0.15, 0.2) is 0 Å². The molecule has 0 radical (unpaired) electrons. The van der Waals surface area contributed by atoms with Crippen molar-refractivity contribution in [2.24, 2.45) is 5.41 Å². The highest BCUT2D eigenvalue weighted by Crippen LogP contribution is 2.37. The Morgan fingerprint density at radius 3 is 2.68 bits per heavy atom. The molecule has 0 aromatic rings. The molecule has 4 heteroatoms. The third-order valence-corrected chi connectivity index (χ3v) is 4.56. The van der Waals surface area contributed by atoms with Crippen LogP contribution in [0.5, 0.6) is 0 Å². The Kier molecular flexibility index (Phi) is 5.22. The Hall–Kier alpha value is -0.610. The summed E-state index contributed by atoms with van der Waals surface area (Å²) < 4.78 is 5.77. The van der Waals surface area contributed by atoms with Crippen LogP contribution < -0.4 is 10.6 Å². The molecule has 19 heavy (non-hydrogen) atoms. The highest BCUT2D eigenvalue weighted by atomic mass is 16.5. The molecule has 0 spiro atoms. The average molecular weight is 268 g/mol. The second-order valence-electron chi connectivity index (χ2n) is 6.57. The van der Waals surface area contributed by atoms with Gasteiger partial charge in [-0.2, -0.15) is 0 Å². The summed E-state index contributed by atoms with van der Waals surface area (Å²) in [5.41, 5.74) is 0.256. The predicted octanol–water partition coefficient (Wildman–Crippen LogP) is 1.84. The Labute approximate surface area is 116 Å². The molecule has 0 aromatic carbocycles. The van der Waals surface area contributed by atoms with Crippen molar-refractivity contribution in [1.29, 1.82) is 0 Å². The second kappa shape index (κ2) is 6.71. The maximum absolute atomic E-state index is 11.9. The fourth-order valence-electron chi connectivity index (χ4n) is 3.14. The van der Waals surface area contributed by atoms with E-state index in [1.165, 1.54) is 12.8 Å². The van der Waals surface area contributed by atoms with Crippen LogP contribution in [0.25, 0.3) is 0 Å². The normalized spacial score (nSPS) is 27.4. The lowest BCUT2D eigenvalue weighted by Gasteiger charge is -2.28. The van der Waals surface area contributed by atoms with Crippen LogP contribution in [0.2, 0.25) is 0 Å². The summed E-state index contributed by atoms with van der Waals surface area (Å²) in [4.78, 5) is 11.9. The van der Waals surface area contributed by atoms with Crippen LogP contribution in [0.4, 0.5) is 0 Å². The molecule has 4 nitrogen and oxygen atoms in total. The van der Waals surface area contributed by atoms with Gasteiger partial charge in [-0.1, -0.05) is 20.3 Å². The summed E-state index contributed by atoms with van der Waals surface area (Å²) in [7, 11) is 0. The fraction of sp³-hybridized carbons (Fsp3) is 0.933. The Morgan fingerprint density at radius 2 is 2.05 bits per heavy atom. The Morgan fingerprint density at radius 1 is 1.32 bits per heavy atom. The molecule has 1 atom stereocenters. The highest BCUT2D eigenvalue weighted by Gasteiger charge is 2.35. The third-order valence-electron chi connectivity index (χ3n) is 4.56. The van der Waals surface area contributed by atoms with E-state index in [4.69, 9.17) is 4.74 Å². The van der Waals surface area contributed by atoms with E-state index in [-0.39, 0.29) is 11.3 Å². The topological polar surface area (TPSA) is 50.4 Å². The molecule has 1 saturated heterocycles. The fourth-order valence-corrected chi connectivity index (χ4v) is 3.14. The van der Waals surface area contributed by atoms with E-state index in [1.807, 2.05) is 0 Å². The van der Waals surface area contributed by atoms with Crippen molar-refractivity contribution in [3.05, 3.63) is 0 Å². The number of nitrogens with one attached hydrogen (secondary N) is 2. The van der Waals surface area contributed by atoms with Gasteiger partial charge < -0.3 is 15.4 Å². The molecule has 0 aromatic heterocycles. The van der Waals surface area contributed by atoms with Gasteiger partial charge in [0, 0.05) is 12.5 Å². The molecule has 2 fully saturated rings. The highest BCUT2D eigenvalue weighted by molar-refractivity contribution is 5.76. The first kappa shape index (κ1) is 14.8. The number of ether oxygens (including phenoxy) is 1. The minimum Gasteiger partial charge on any atom is -0.378 e. The maximum Gasteiger partial charge on any atom is 0.222 e. The van der Waals surface area contributed by atoms with Crippen molar-refractivity contribution in [3.8, 4) is 0 Å². The number of carbonyl (C=O) groups excluding carboxylic acids is 1. The Balaban J connectivity index is 1.61. The molecule has 1 aliphatic carbocycles. The molecule has 1 aliphatic heterocycles. The van der Waals surface area contributed by atoms with E-state index < -0.39 is 0 Å². The van der Waals surface area contributed by atoms with Crippen LogP contribution in [0, 0.1) is 5.41 Å². The van der Waals surface area contributed by atoms with Gasteiger partial charge in [0.25, 0.3) is 0 Å². The molecule has 110 valence electrons. The number of amides is 1. The van der Waals surface area contributed by atoms with Crippen LogP contribution in [-0.2, 0) is 9.53 Å². The van der Waals surface area contributed by atoms with Gasteiger partial charge >= 0.3 is 0 Å². The minimum atomic E-state index is 0.147. The standard InChI is InChI=1S/C15H28N2O2/c1-15(2)8-3-4-13(15)17-14(18)7-11-19-12-5-9-16-10-6-12/h12-13,16H,3-11H2,1-2H3,(H,17,18). The summed E-state index contributed by atoms with van der Waals surface area (Å²) >= 11 is 0. The zero-order chi connectivity index (χ0) is 13.7. The van der Waals surface area contributed by atoms with Crippen LogP contribution >= 0.6 is 0 Å². The van der Waals surface area contributed by atoms with Gasteiger partial charge in [-0.3, -0.25) is 4.79 Å². The lowest BCUT2D eigenvalue weighted by molar-refractivity contribution is -0.124. The molecule has 0 bridgehead atoms. The van der Waals surface area contributed by atoms with Crippen molar-refractivity contribution in [2.45, 2.75) is 64.5 Å². The van der Waals surface area contributed by atoms with Gasteiger partial charge in [-0.05, 0) is 44.2 Å². The zero-order valence-corrected chi connectivity index (χ0v) is 12.3. The van der Waals surface area contributed by atoms with E-state index in [2.05, 4.69) is 24.5 Å². The predicted molar refractivity (Wildman–Crippen MR) is 76.0 cm³/mol. The zero-order valence-electron chi connectivity index (χ0n) is 12.3. The monoisotopic (exact) mass is 268 g/mol. The summed E-state index contributed by atoms with van der Waals surface area (Å²) in [5, 5.41) is 6.49. The molecule has 2 aliphatic rings. The molecule has 1 saturated carbocycles. The third kappa shape index (κ3) is 4.46. The molecular weight excluding hydrogens is 240 g/mol. The number of hydrogen-bond donors (Lipinski definition) is 2. The van der Waals surface area contributed by atoms with Crippen molar-refractivity contribution < 1.29 is 9.53 Å². The van der Waals surface area contributed by atoms with Crippen LogP contribution in [0.3, 0.4) is 0 Å². The lowest BCUT2D eigenvalue weighted by Crippen LogP contribution is -2.42. The maximum atomic E-state index is 11.9. The Bertz CT molecular complexity index is 299. The van der Waals surface area contributed by atoms with Crippen molar-refractivity contribution in [1.82, 2.24) is 10.6 Å². The molecule has 2 N–H and O–H groups in total. The summed E-state index contributed by atoms with van der Waals surface area (Å²) in [6.45, 7) is 7.12. The quantitative estimate of drug-likeness (QED) is 0.800. The van der Waals surface area contributed by atoms with Crippen molar-refractivity contribution >= 4 is 5.91 Å². The van der Waals surface area contributed by atoms with Crippen molar-refractivity contribution in [3.63, 3.8) is 0 Å². The van der Waals surface area contributed by atoms with Crippen LogP contribution in [-0.4, -0.2) is 37.7 Å². The summed E-state index contributed by atoms with van der Waals surface area (Å²) in [5.74, 6) is 0.147. The first-order valence-electron chi connectivity index (χ1n) is 7.69. The molecule has 2 rings (SSSR count). The largest absolute Gasteiger partial charge is 0.378 e. The molecular formula is C15H28N2O2. The van der Waals surface area contributed by atoms with Gasteiger partial charge in [-0.15, -0.1) is 0 Å². The number of piperidine rings is 1. The van der Waals surface area contributed by atoms with Gasteiger partial charge in [0.05, 0.1) is 12.7 Å². The number of rotatable bonds is 5. The number of hydrogen-bond acceptors (Lipinski definition) is 3. The molecule has 1 amide bonds. The van der Waals surface area contributed by atoms with Crippen molar-refractivity contribution in [2.75, 3.05) is 19.7 Å². The number of carbonyl (C=O) groups is 1. The smallest absolute Gasteiger partial charge is 0.222 e. The van der Waals surface area contributed by atoms with Gasteiger partial charge in [0.2, 0.25) is 5.91 Å². The SMILES string of the molecule is CC1(C)CCCC1NC(=O)CCOC1CCNCC1.